The maximum Gasteiger partial charge on any atom is 0.339 e. The second-order valence-corrected chi connectivity index (χ2v) is 6.36. The lowest BCUT2D eigenvalue weighted by molar-refractivity contribution is -0.126. The highest BCUT2D eigenvalue weighted by Gasteiger charge is 2.38. The van der Waals surface area contributed by atoms with E-state index in [0.717, 1.165) is 0 Å². The van der Waals surface area contributed by atoms with Gasteiger partial charge in [-0.3, -0.25) is 4.79 Å². The smallest absolute Gasteiger partial charge is 0.339 e. The van der Waals surface area contributed by atoms with Crippen LogP contribution in [0.25, 0.3) is 0 Å². The standard InChI is InChI=1S/C15H20O5S/c1-8(2)11(16)15(3,4)12-10(14(18)20-6)9(7-21-12)13(17)19-5/h7-8H,1-6H3. The molecule has 116 valence electrons. The molecular formula is C15H20O5S. The van der Waals surface area contributed by atoms with Crippen LogP contribution >= 0.6 is 11.3 Å². The Hall–Kier alpha value is -1.69. The Labute approximate surface area is 128 Å². The average molecular weight is 312 g/mol. The highest BCUT2D eigenvalue weighted by atomic mass is 32.1. The van der Waals surface area contributed by atoms with Crippen LogP contribution in [0, 0.1) is 5.92 Å². The van der Waals surface area contributed by atoms with Gasteiger partial charge in [0.2, 0.25) is 0 Å². The molecule has 0 amide bonds. The molecule has 5 nitrogen and oxygen atoms in total. The monoisotopic (exact) mass is 312 g/mol. The van der Waals surface area contributed by atoms with E-state index in [2.05, 4.69) is 4.74 Å². The number of thiophene rings is 1. The third kappa shape index (κ3) is 3.15. The number of carbonyl (C=O) groups excluding carboxylic acids is 3. The highest BCUT2D eigenvalue weighted by molar-refractivity contribution is 7.11. The minimum Gasteiger partial charge on any atom is -0.465 e. The number of carbonyl (C=O) groups is 3. The summed E-state index contributed by atoms with van der Waals surface area (Å²) in [6.07, 6.45) is 0. The Morgan fingerprint density at radius 1 is 1.10 bits per heavy atom. The van der Waals surface area contributed by atoms with Crippen molar-refractivity contribution in [1.82, 2.24) is 0 Å². The molecule has 1 aromatic heterocycles. The van der Waals surface area contributed by atoms with Gasteiger partial charge in [0.25, 0.3) is 0 Å². The van der Waals surface area contributed by atoms with Crippen LogP contribution in [-0.2, 0) is 19.7 Å². The molecule has 21 heavy (non-hydrogen) atoms. The highest BCUT2D eigenvalue weighted by Crippen LogP contribution is 2.37. The van der Waals surface area contributed by atoms with E-state index in [-0.39, 0.29) is 22.8 Å². The Bertz CT molecular complexity index is 569. The average Bonchev–Trinajstić information content (AvgIpc) is 2.89. The molecule has 0 aromatic carbocycles. The summed E-state index contributed by atoms with van der Waals surface area (Å²) in [6, 6.07) is 0. The molecule has 0 aliphatic carbocycles. The van der Waals surface area contributed by atoms with E-state index in [1.54, 1.807) is 27.7 Å². The predicted molar refractivity (Wildman–Crippen MR) is 79.9 cm³/mol. The second kappa shape index (κ2) is 6.39. The summed E-state index contributed by atoms with van der Waals surface area (Å²) in [7, 11) is 2.48. The lowest BCUT2D eigenvalue weighted by atomic mass is 9.79. The summed E-state index contributed by atoms with van der Waals surface area (Å²) in [4.78, 5) is 36.8. The van der Waals surface area contributed by atoms with Gasteiger partial charge in [0, 0.05) is 16.2 Å². The Kier molecular flexibility index (Phi) is 5.28. The van der Waals surface area contributed by atoms with Crippen molar-refractivity contribution in [1.29, 1.82) is 0 Å². The van der Waals surface area contributed by atoms with Crippen molar-refractivity contribution in [3.8, 4) is 0 Å². The number of ketones is 1. The van der Waals surface area contributed by atoms with Crippen LogP contribution in [0.15, 0.2) is 5.38 Å². The number of hydrogen-bond acceptors (Lipinski definition) is 6. The van der Waals surface area contributed by atoms with Crippen molar-refractivity contribution in [2.24, 2.45) is 5.92 Å². The maximum atomic E-state index is 12.4. The lowest BCUT2D eigenvalue weighted by Gasteiger charge is -2.25. The molecule has 6 heteroatoms. The van der Waals surface area contributed by atoms with Gasteiger partial charge in [-0.1, -0.05) is 13.8 Å². The Morgan fingerprint density at radius 3 is 2.05 bits per heavy atom. The van der Waals surface area contributed by atoms with Crippen LogP contribution in [0.5, 0.6) is 0 Å². The van der Waals surface area contributed by atoms with E-state index in [9.17, 15) is 14.4 Å². The zero-order valence-electron chi connectivity index (χ0n) is 13.1. The minimum atomic E-state index is -0.880. The Morgan fingerprint density at radius 2 is 1.62 bits per heavy atom. The summed E-state index contributed by atoms with van der Waals surface area (Å²) in [5.41, 5.74) is -0.628. The van der Waals surface area contributed by atoms with E-state index in [1.807, 2.05) is 0 Å². The first-order valence-corrected chi connectivity index (χ1v) is 7.39. The number of hydrogen-bond donors (Lipinski definition) is 0. The van der Waals surface area contributed by atoms with Crippen LogP contribution in [0.4, 0.5) is 0 Å². The molecule has 0 saturated heterocycles. The minimum absolute atomic E-state index is 0.00841. The molecule has 1 heterocycles. The Balaban J connectivity index is 3.50. The van der Waals surface area contributed by atoms with E-state index in [4.69, 9.17) is 4.74 Å². The molecule has 0 unspecified atom stereocenters. The van der Waals surface area contributed by atoms with Crippen molar-refractivity contribution in [2.45, 2.75) is 33.1 Å². The molecule has 0 aliphatic heterocycles. The molecule has 0 aliphatic rings. The molecule has 0 atom stereocenters. The third-order valence-corrected chi connectivity index (χ3v) is 4.60. The van der Waals surface area contributed by atoms with Gasteiger partial charge in [-0.15, -0.1) is 11.3 Å². The molecule has 0 saturated carbocycles. The summed E-state index contributed by atoms with van der Waals surface area (Å²) in [5.74, 6) is -1.46. The van der Waals surface area contributed by atoms with Crippen molar-refractivity contribution >= 4 is 29.1 Å². The van der Waals surface area contributed by atoms with E-state index < -0.39 is 17.4 Å². The van der Waals surface area contributed by atoms with Gasteiger partial charge >= 0.3 is 11.9 Å². The van der Waals surface area contributed by atoms with Crippen LogP contribution in [0.1, 0.15) is 53.3 Å². The first-order chi connectivity index (χ1) is 9.68. The van der Waals surface area contributed by atoms with Gasteiger partial charge in [-0.25, -0.2) is 9.59 Å². The summed E-state index contributed by atoms with van der Waals surface area (Å²) >= 11 is 1.19. The number of ether oxygens (including phenoxy) is 2. The topological polar surface area (TPSA) is 69.7 Å². The maximum absolute atomic E-state index is 12.4. The second-order valence-electron chi connectivity index (χ2n) is 5.48. The SMILES string of the molecule is COC(=O)c1csc(C(C)(C)C(=O)C(C)C)c1C(=O)OC. The number of Topliss-reactive ketones (excluding diaryl/α,β-unsaturated/α-hetero) is 1. The fourth-order valence-electron chi connectivity index (χ4n) is 2.22. The van der Waals surface area contributed by atoms with E-state index in [1.165, 1.54) is 30.9 Å². The van der Waals surface area contributed by atoms with Gasteiger partial charge in [0.05, 0.1) is 30.8 Å². The van der Waals surface area contributed by atoms with Crippen molar-refractivity contribution < 1.29 is 23.9 Å². The van der Waals surface area contributed by atoms with Gasteiger partial charge in [-0.2, -0.15) is 0 Å². The molecule has 1 aromatic rings. The predicted octanol–water partition coefficient (Wildman–Crippen LogP) is 2.82. The van der Waals surface area contributed by atoms with E-state index in [0.29, 0.717) is 4.88 Å². The van der Waals surface area contributed by atoms with Crippen molar-refractivity contribution in [2.75, 3.05) is 14.2 Å². The first-order valence-electron chi connectivity index (χ1n) is 6.51. The molecular weight excluding hydrogens is 292 g/mol. The number of rotatable bonds is 5. The molecule has 1 rings (SSSR count). The van der Waals surface area contributed by atoms with Gasteiger partial charge in [0.1, 0.15) is 5.78 Å². The molecule has 0 fully saturated rings. The van der Waals surface area contributed by atoms with Crippen molar-refractivity contribution in [3.63, 3.8) is 0 Å². The van der Waals surface area contributed by atoms with E-state index >= 15 is 0 Å². The van der Waals surface area contributed by atoms with Crippen LogP contribution in [-0.4, -0.2) is 31.9 Å². The van der Waals surface area contributed by atoms with Gasteiger partial charge < -0.3 is 9.47 Å². The number of methoxy groups -OCH3 is 2. The van der Waals surface area contributed by atoms with Crippen LogP contribution < -0.4 is 0 Å². The van der Waals surface area contributed by atoms with Crippen LogP contribution in [0.3, 0.4) is 0 Å². The quantitative estimate of drug-likeness (QED) is 0.782. The third-order valence-electron chi connectivity index (χ3n) is 3.29. The molecule has 0 N–H and O–H groups in total. The van der Waals surface area contributed by atoms with Gasteiger partial charge in [0.15, 0.2) is 0 Å². The molecule has 0 radical (unpaired) electrons. The molecule has 0 spiro atoms. The molecule has 0 bridgehead atoms. The summed E-state index contributed by atoms with van der Waals surface area (Å²) < 4.78 is 9.44. The van der Waals surface area contributed by atoms with Crippen LogP contribution in [0.2, 0.25) is 0 Å². The number of esters is 2. The summed E-state index contributed by atoms with van der Waals surface area (Å²) in [5, 5.41) is 1.53. The normalized spacial score (nSPS) is 11.4. The zero-order valence-corrected chi connectivity index (χ0v) is 13.9. The fraction of sp³-hybridized carbons (Fsp3) is 0.533. The largest absolute Gasteiger partial charge is 0.465 e. The van der Waals surface area contributed by atoms with Crippen molar-refractivity contribution in [3.05, 3.63) is 21.4 Å². The summed E-state index contributed by atoms with van der Waals surface area (Å²) in [6.45, 7) is 7.09. The first kappa shape index (κ1) is 17.4. The fourth-order valence-corrected chi connectivity index (χ4v) is 3.37. The van der Waals surface area contributed by atoms with Gasteiger partial charge in [-0.05, 0) is 13.8 Å². The lowest BCUT2D eigenvalue weighted by Crippen LogP contribution is -2.33. The zero-order chi connectivity index (χ0) is 16.4.